The lowest BCUT2D eigenvalue weighted by Crippen LogP contribution is -2.27. The lowest BCUT2D eigenvalue weighted by Gasteiger charge is -2.23. The summed E-state index contributed by atoms with van der Waals surface area (Å²) in [5.74, 6) is 0. The average molecular weight is 223 g/mol. The zero-order valence-corrected chi connectivity index (χ0v) is 11.0. The van der Waals surface area contributed by atoms with Gasteiger partial charge < -0.3 is 10.0 Å². The molecule has 0 aliphatic carbocycles. The fraction of sp³-hybridized carbons (Fsp3) is 0.571. The van der Waals surface area contributed by atoms with Crippen molar-refractivity contribution in [2.45, 2.75) is 34.1 Å². The Balaban J connectivity index is 0.00000106. The van der Waals surface area contributed by atoms with E-state index in [1.165, 1.54) is 11.3 Å². The summed E-state index contributed by atoms with van der Waals surface area (Å²) >= 11 is 0. The molecule has 0 atom stereocenters. The second kappa shape index (κ2) is 9.22. The highest BCUT2D eigenvalue weighted by atomic mass is 16.3. The van der Waals surface area contributed by atoms with Crippen LogP contribution in [-0.2, 0) is 0 Å². The minimum absolute atomic E-state index is 0.216. The summed E-state index contributed by atoms with van der Waals surface area (Å²) in [5, 5.41) is 8.94. The number of nitrogens with zero attached hydrogens (tertiary/aromatic N) is 1. The van der Waals surface area contributed by atoms with E-state index in [1.54, 1.807) is 0 Å². The van der Waals surface area contributed by atoms with E-state index in [4.69, 9.17) is 5.11 Å². The van der Waals surface area contributed by atoms with E-state index in [2.05, 4.69) is 43.0 Å². The van der Waals surface area contributed by atoms with Crippen molar-refractivity contribution >= 4 is 5.69 Å². The van der Waals surface area contributed by atoms with Gasteiger partial charge in [-0.2, -0.15) is 0 Å². The van der Waals surface area contributed by atoms with Gasteiger partial charge in [-0.25, -0.2) is 0 Å². The maximum absolute atomic E-state index is 8.94. The zero-order valence-electron chi connectivity index (χ0n) is 11.0. The molecule has 0 saturated carbocycles. The fourth-order valence-electron chi connectivity index (χ4n) is 1.52. The van der Waals surface area contributed by atoms with Crippen LogP contribution in [0.25, 0.3) is 0 Å². The van der Waals surface area contributed by atoms with Crippen LogP contribution >= 0.6 is 0 Å². The van der Waals surface area contributed by atoms with Gasteiger partial charge in [-0.3, -0.25) is 0 Å². The molecule has 0 unspecified atom stereocenters. The molecule has 0 radical (unpaired) electrons. The van der Waals surface area contributed by atoms with Gasteiger partial charge in [-0.15, -0.1) is 0 Å². The molecule has 0 aromatic heterocycles. The van der Waals surface area contributed by atoms with Gasteiger partial charge in [0.2, 0.25) is 0 Å². The molecule has 0 heterocycles. The minimum Gasteiger partial charge on any atom is -0.395 e. The summed E-state index contributed by atoms with van der Waals surface area (Å²) in [7, 11) is 0. The molecule has 1 rings (SSSR count). The highest BCUT2D eigenvalue weighted by molar-refractivity contribution is 5.47. The molecule has 1 aromatic rings. The molecule has 0 bridgehead atoms. The third kappa shape index (κ3) is 5.17. The van der Waals surface area contributed by atoms with Crippen LogP contribution < -0.4 is 4.90 Å². The normalized spacial score (nSPS) is 9.31. The summed E-state index contributed by atoms with van der Waals surface area (Å²) in [5.41, 5.74) is 2.47. The van der Waals surface area contributed by atoms with Crippen molar-refractivity contribution in [2.75, 3.05) is 24.6 Å². The summed E-state index contributed by atoms with van der Waals surface area (Å²) in [6, 6.07) is 8.44. The number of hydrogen-bond acceptors (Lipinski definition) is 2. The Morgan fingerprint density at radius 2 is 1.62 bits per heavy atom. The van der Waals surface area contributed by atoms with Gasteiger partial charge in [0, 0.05) is 18.8 Å². The summed E-state index contributed by atoms with van der Waals surface area (Å²) < 4.78 is 0. The van der Waals surface area contributed by atoms with Crippen LogP contribution in [0.2, 0.25) is 0 Å². The topological polar surface area (TPSA) is 23.5 Å². The quantitative estimate of drug-likeness (QED) is 0.828. The van der Waals surface area contributed by atoms with Gasteiger partial charge in [-0.05, 0) is 25.5 Å². The van der Waals surface area contributed by atoms with Gasteiger partial charge in [0.05, 0.1) is 6.61 Å². The maximum atomic E-state index is 8.94. The fourth-order valence-corrected chi connectivity index (χ4v) is 1.52. The van der Waals surface area contributed by atoms with Crippen molar-refractivity contribution in [1.29, 1.82) is 0 Å². The van der Waals surface area contributed by atoms with Crippen LogP contribution in [-0.4, -0.2) is 24.8 Å². The minimum atomic E-state index is 0.216. The first-order chi connectivity index (χ1) is 7.77. The number of benzene rings is 1. The highest BCUT2D eigenvalue weighted by Crippen LogP contribution is 2.14. The van der Waals surface area contributed by atoms with Crippen LogP contribution in [0.15, 0.2) is 24.3 Å². The van der Waals surface area contributed by atoms with Gasteiger partial charge in [0.1, 0.15) is 0 Å². The summed E-state index contributed by atoms with van der Waals surface area (Å²) in [6.07, 6.45) is 1.11. The molecule has 1 aromatic carbocycles. The molecule has 0 aliphatic heterocycles. The molecule has 92 valence electrons. The van der Waals surface area contributed by atoms with Crippen LogP contribution in [0.3, 0.4) is 0 Å². The van der Waals surface area contributed by atoms with Crippen molar-refractivity contribution < 1.29 is 5.11 Å². The molecular formula is C14H25NO. The van der Waals surface area contributed by atoms with E-state index in [0.29, 0.717) is 0 Å². The Bertz CT molecular complexity index is 250. The lowest BCUT2D eigenvalue weighted by molar-refractivity contribution is 0.302. The molecule has 2 nitrogen and oxygen atoms in total. The van der Waals surface area contributed by atoms with E-state index >= 15 is 0 Å². The Labute approximate surface area is 99.9 Å². The second-order valence-corrected chi connectivity index (χ2v) is 3.55. The SMILES string of the molecule is CC.CCCN(CCO)c1ccc(C)cc1. The molecule has 16 heavy (non-hydrogen) atoms. The van der Waals surface area contributed by atoms with E-state index in [1.807, 2.05) is 13.8 Å². The Kier molecular flexibility index (Phi) is 8.64. The van der Waals surface area contributed by atoms with Crippen molar-refractivity contribution in [3.63, 3.8) is 0 Å². The molecule has 2 heteroatoms. The third-order valence-corrected chi connectivity index (χ3v) is 2.26. The van der Waals surface area contributed by atoms with Crippen LogP contribution in [0.1, 0.15) is 32.8 Å². The van der Waals surface area contributed by atoms with Gasteiger partial charge in [0.15, 0.2) is 0 Å². The first-order valence-corrected chi connectivity index (χ1v) is 6.20. The molecular weight excluding hydrogens is 198 g/mol. The maximum Gasteiger partial charge on any atom is 0.0606 e. The third-order valence-electron chi connectivity index (χ3n) is 2.26. The van der Waals surface area contributed by atoms with Gasteiger partial charge in [0.25, 0.3) is 0 Å². The highest BCUT2D eigenvalue weighted by Gasteiger charge is 2.03. The average Bonchev–Trinajstić information content (AvgIpc) is 2.32. The zero-order chi connectivity index (χ0) is 12.4. The van der Waals surface area contributed by atoms with E-state index < -0.39 is 0 Å². The van der Waals surface area contributed by atoms with Crippen LogP contribution in [0.4, 0.5) is 5.69 Å². The molecule has 1 N–H and O–H groups in total. The number of aliphatic hydroxyl groups is 1. The molecule has 0 amide bonds. The van der Waals surface area contributed by atoms with Crippen LogP contribution in [0.5, 0.6) is 0 Å². The van der Waals surface area contributed by atoms with Crippen molar-refractivity contribution in [1.82, 2.24) is 0 Å². The number of anilines is 1. The molecule has 0 spiro atoms. The molecule has 0 fully saturated rings. The Hall–Kier alpha value is -1.02. The Morgan fingerprint density at radius 1 is 1.06 bits per heavy atom. The lowest BCUT2D eigenvalue weighted by atomic mass is 10.2. The van der Waals surface area contributed by atoms with Crippen LogP contribution in [0, 0.1) is 6.92 Å². The number of aryl methyl sites for hydroxylation is 1. The molecule has 0 saturated heterocycles. The largest absolute Gasteiger partial charge is 0.395 e. The van der Waals surface area contributed by atoms with Crippen molar-refractivity contribution in [2.24, 2.45) is 0 Å². The summed E-state index contributed by atoms with van der Waals surface area (Å²) in [6.45, 7) is 10.2. The first-order valence-electron chi connectivity index (χ1n) is 6.20. The van der Waals surface area contributed by atoms with Crippen molar-refractivity contribution in [3.8, 4) is 0 Å². The monoisotopic (exact) mass is 223 g/mol. The smallest absolute Gasteiger partial charge is 0.0606 e. The summed E-state index contributed by atoms with van der Waals surface area (Å²) in [4.78, 5) is 2.21. The number of rotatable bonds is 5. The van der Waals surface area contributed by atoms with Gasteiger partial charge >= 0.3 is 0 Å². The number of hydrogen-bond donors (Lipinski definition) is 1. The molecule has 0 aliphatic rings. The first kappa shape index (κ1) is 15.0. The number of aliphatic hydroxyl groups excluding tert-OH is 1. The van der Waals surface area contributed by atoms with Gasteiger partial charge in [-0.1, -0.05) is 38.5 Å². The van der Waals surface area contributed by atoms with E-state index in [-0.39, 0.29) is 6.61 Å². The van der Waals surface area contributed by atoms with E-state index in [9.17, 15) is 0 Å². The predicted molar refractivity (Wildman–Crippen MR) is 72.1 cm³/mol. The second-order valence-electron chi connectivity index (χ2n) is 3.55. The Morgan fingerprint density at radius 3 is 2.06 bits per heavy atom. The standard InChI is InChI=1S/C12H19NO.C2H6/c1-3-8-13(9-10-14)12-6-4-11(2)5-7-12;1-2/h4-7,14H,3,8-10H2,1-2H3;1-2H3. The van der Waals surface area contributed by atoms with Crippen molar-refractivity contribution in [3.05, 3.63) is 29.8 Å². The van der Waals surface area contributed by atoms with E-state index in [0.717, 1.165) is 19.5 Å². The predicted octanol–water partition coefficient (Wildman–Crippen LogP) is 3.23.